The van der Waals surface area contributed by atoms with Gasteiger partial charge in [-0.25, -0.2) is 0 Å². The molecular weight excluding hydrogens is 623 g/mol. The van der Waals surface area contributed by atoms with Gasteiger partial charge < -0.3 is 4.90 Å². The monoisotopic (exact) mass is 655 g/mol. The van der Waals surface area contributed by atoms with Crippen LogP contribution in [0.3, 0.4) is 0 Å². The molecule has 1 aromatic heterocycles. The Morgan fingerprint density at radius 3 is 1.40 bits per heavy atom. The molecule has 0 aliphatic carbocycles. The average Bonchev–Trinajstić information content (AvgIpc) is 3.59. The summed E-state index contributed by atoms with van der Waals surface area (Å²) in [4.78, 5) is 2.38. The first kappa shape index (κ1) is 29.9. The van der Waals surface area contributed by atoms with Crippen molar-refractivity contribution in [2.75, 3.05) is 4.90 Å². The van der Waals surface area contributed by atoms with Gasteiger partial charge in [0.25, 0.3) is 0 Å². The van der Waals surface area contributed by atoms with Gasteiger partial charge in [-0.15, -0.1) is 11.3 Å². The van der Waals surface area contributed by atoms with Crippen LogP contribution in [0.15, 0.2) is 200 Å². The van der Waals surface area contributed by atoms with Gasteiger partial charge in [-0.3, -0.25) is 0 Å². The van der Waals surface area contributed by atoms with Crippen LogP contribution in [0.5, 0.6) is 0 Å². The van der Waals surface area contributed by atoms with E-state index in [0.717, 1.165) is 17.1 Å². The van der Waals surface area contributed by atoms with E-state index >= 15 is 0 Å². The minimum atomic E-state index is 1.11. The molecule has 1 heterocycles. The second-order valence-electron chi connectivity index (χ2n) is 12.5. The van der Waals surface area contributed by atoms with Crippen molar-refractivity contribution in [2.24, 2.45) is 0 Å². The van der Waals surface area contributed by atoms with E-state index in [1.54, 1.807) is 0 Å². The molecule has 0 bridgehead atoms. The topological polar surface area (TPSA) is 3.24 Å². The van der Waals surface area contributed by atoms with Crippen molar-refractivity contribution in [3.8, 4) is 44.5 Å². The molecule has 9 rings (SSSR count). The maximum atomic E-state index is 2.38. The van der Waals surface area contributed by atoms with Gasteiger partial charge in [-0.05, 0) is 75.3 Å². The van der Waals surface area contributed by atoms with Crippen molar-refractivity contribution >= 4 is 48.6 Å². The van der Waals surface area contributed by atoms with E-state index in [-0.39, 0.29) is 0 Å². The smallest absolute Gasteiger partial charge is 0.0540 e. The second-order valence-corrected chi connectivity index (χ2v) is 13.6. The maximum absolute atomic E-state index is 2.38. The molecule has 0 amide bonds. The molecule has 0 radical (unpaired) electrons. The van der Waals surface area contributed by atoms with Gasteiger partial charge in [-0.2, -0.15) is 0 Å². The summed E-state index contributed by atoms with van der Waals surface area (Å²) in [5.74, 6) is 0. The van der Waals surface area contributed by atoms with Crippen molar-refractivity contribution in [1.82, 2.24) is 0 Å². The minimum absolute atomic E-state index is 1.11. The molecule has 0 N–H and O–H groups in total. The van der Waals surface area contributed by atoms with Gasteiger partial charge in [0.2, 0.25) is 0 Å². The van der Waals surface area contributed by atoms with Crippen molar-refractivity contribution in [3.05, 3.63) is 200 Å². The molecule has 8 aromatic carbocycles. The van der Waals surface area contributed by atoms with Gasteiger partial charge in [0.15, 0.2) is 0 Å². The van der Waals surface area contributed by atoms with Gasteiger partial charge in [0.05, 0.1) is 5.69 Å². The highest BCUT2D eigenvalue weighted by Crippen LogP contribution is 2.43. The summed E-state index contributed by atoms with van der Waals surface area (Å²) < 4.78 is 2.66. The first-order valence-corrected chi connectivity index (χ1v) is 17.8. The van der Waals surface area contributed by atoms with Crippen molar-refractivity contribution in [3.63, 3.8) is 0 Å². The lowest BCUT2D eigenvalue weighted by Gasteiger charge is -2.28. The van der Waals surface area contributed by atoms with E-state index < -0.39 is 0 Å². The molecule has 0 unspecified atom stereocenters. The maximum Gasteiger partial charge on any atom is 0.0540 e. The quantitative estimate of drug-likeness (QED) is 0.165. The summed E-state index contributed by atoms with van der Waals surface area (Å²) in [6.45, 7) is 0. The Balaban J connectivity index is 1.12. The molecule has 9 aromatic rings. The number of rotatable bonds is 7. The Morgan fingerprint density at radius 2 is 0.740 bits per heavy atom. The largest absolute Gasteiger partial charge is 0.310 e. The number of benzene rings is 8. The predicted molar refractivity (Wildman–Crippen MR) is 216 cm³/mol. The summed E-state index contributed by atoms with van der Waals surface area (Å²) >= 11 is 1.88. The number of hydrogen-bond acceptors (Lipinski definition) is 2. The van der Waals surface area contributed by atoms with E-state index in [2.05, 4.69) is 205 Å². The first-order chi connectivity index (χ1) is 24.8. The average molecular weight is 656 g/mol. The fourth-order valence-electron chi connectivity index (χ4n) is 7.01. The number of anilines is 3. The Morgan fingerprint density at radius 1 is 0.300 bits per heavy atom. The summed E-state index contributed by atoms with van der Waals surface area (Å²) in [7, 11) is 0. The van der Waals surface area contributed by atoms with Crippen LogP contribution < -0.4 is 4.90 Å². The fraction of sp³-hybridized carbons (Fsp3) is 0. The summed E-state index contributed by atoms with van der Waals surface area (Å²) in [6.07, 6.45) is 0. The number of thiophene rings is 1. The van der Waals surface area contributed by atoms with Crippen LogP contribution in [-0.2, 0) is 0 Å². The van der Waals surface area contributed by atoms with Crippen LogP contribution in [0.2, 0.25) is 0 Å². The van der Waals surface area contributed by atoms with Crippen LogP contribution in [-0.4, -0.2) is 0 Å². The molecule has 1 nitrogen and oxygen atoms in total. The highest BCUT2D eigenvalue weighted by molar-refractivity contribution is 7.26. The molecule has 236 valence electrons. The molecule has 0 aliphatic heterocycles. The van der Waals surface area contributed by atoms with E-state index in [4.69, 9.17) is 0 Å². The van der Waals surface area contributed by atoms with Gasteiger partial charge >= 0.3 is 0 Å². The Labute approximate surface area is 297 Å². The number of para-hydroxylation sites is 1. The standard InChI is InChI=1S/C48H33NS/c1-3-12-34(13-4-1)35-22-24-36(25-23-35)37-26-30-40(31-27-37)49(46-20-9-7-16-42(46)38-14-5-2-6-15-38)41-32-28-39(29-33-41)43-18-11-19-45-44-17-8-10-21-47(44)50-48(43)45/h1-33H. The lowest BCUT2D eigenvalue weighted by atomic mass is 9.99. The molecule has 0 atom stereocenters. The van der Waals surface area contributed by atoms with E-state index in [0.29, 0.717) is 0 Å². The van der Waals surface area contributed by atoms with E-state index in [9.17, 15) is 0 Å². The lowest BCUT2D eigenvalue weighted by Crippen LogP contribution is -2.11. The number of nitrogens with zero attached hydrogens (tertiary/aromatic N) is 1. The van der Waals surface area contributed by atoms with Crippen molar-refractivity contribution < 1.29 is 0 Å². The molecule has 2 heteroatoms. The third kappa shape index (κ3) is 5.56. The third-order valence-electron chi connectivity index (χ3n) is 9.52. The zero-order valence-corrected chi connectivity index (χ0v) is 28.2. The highest BCUT2D eigenvalue weighted by atomic mass is 32.1. The Kier molecular flexibility index (Phi) is 7.77. The molecule has 0 spiro atoms. The van der Waals surface area contributed by atoms with Gasteiger partial charge in [0.1, 0.15) is 0 Å². The summed E-state index contributed by atoms with van der Waals surface area (Å²) in [5.41, 5.74) is 13.1. The molecular formula is C48H33NS. The normalized spacial score (nSPS) is 11.2. The van der Waals surface area contributed by atoms with Crippen LogP contribution >= 0.6 is 11.3 Å². The lowest BCUT2D eigenvalue weighted by molar-refractivity contribution is 1.28. The molecule has 0 saturated carbocycles. The Hall–Kier alpha value is -6.22. The Bertz CT molecular complexity index is 2550. The molecule has 0 saturated heterocycles. The van der Waals surface area contributed by atoms with Crippen LogP contribution in [0.25, 0.3) is 64.7 Å². The van der Waals surface area contributed by atoms with Gasteiger partial charge in [0, 0.05) is 37.1 Å². The van der Waals surface area contributed by atoms with Gasteiger partial charge in [-0.1, -0.05) is 164 Å². The van der Waals surface area contributed by atoms with E-state index in [1.165, 1.54) is 64.7 Å². The zero-order chi connectivity index (χ0) is 33.3. The van der Waals surface area contributed by atoms with Crippen molar-refractivity contribution in [1.29, 1.82) is 0 Å². The molecule has 50 heavy (non-hydrogen) atoms. The fourth-order valence-corrected chi connectivity index (χ4v) is 8.25. The predicted octanol–water partition coefficient (Wildman–Crippen LogP) is 14.2. The minimum Gasteiger partial charge on any atom is -0.310 e. The highest BCUT2D eigenvalue weighted by Gasteiger charge is 2.18. The SMILES string of the molecule is c1ccc(-c2ccc(-c3ccc(N(c4ccc(-c5cccc6c5sc5ccccc56)cc4)c4ccccc4-c4ccccc4)cc3)cc2)cc1. The van der Waals surface area contributed by atoms with E-state index in [1.807, 2.05) is 11.3 Å². The van der Waals surface area contributed by atoms with Crippen LogP contribution in [0, 0.1) is 0 Å². The first-order valence-electron chi connectivity index (χ1n) is 17.0. The number of hydrogen-bond donors (Lipinski definition) is 0. The summed E-state index contributed by atoms with van der Waals surface area (Å²) in [6, 6.07) is 72.2. The van der Waals surface area contributed by atoms with Crippen LogP contribution in [0.4, 0.5) is 17.1 Å². The van der Waals surface area contributed by atoms with Crippen LogP contribution in [0.1, 0.15) is 0 Å². The number of fused-ring (bicyclic) bond motifs is 3. The summed E-state index contributed by atoms with van der Waals surface area (Å²) in [5, 5.41) is 2.64. The third-order valence-corrected chi connectivity index (χ3v) is 10.7. The second kappa shape index (κ2) is 13.0. The zero-order valence-electron chi connectivity index (χ0n) is 27.4. The molecule has 0 aliphatic rings. The van der Waals surface area contributed by atoms with Crippen molar-refractivity contribution in [2.45, 2.75) is 0 Å². The molecule has 0 fully saturated rings.